The van der Waals surface area contributed by atoms with Gasteiger partial charge in [0.1, 0.15) is 0 Å². The number of fused-ring (bicyclic) bond motifs is 1. The maximum atomic E-state index is 14.3. The Balaban J connectivity index is 1.36. The van der Waals surface area contributed by atoms with E-state index in [2.05, 4.69) is 103 Å². The summed E-state index contributed by atoms with van der Waals surface area (Å²) in [7, 11) is -1.40. The predicted octanol–water partition coefficient (Wildman–Crippen LogP) is 11.2. The van der Waals surface area contributed by atoms with Crippen molar-refractivity contribution >= 4 is 35.6 Å². The topological polar surface area (TPSA) is 65.5 Å². The molecule has 1 amide bonds. The van der Waals surface area contributed by atoms with Crippen LogP contribution < -0.4 is 16.0 Å². The Labute approximate surface area is 311 Å². The van der Waals surface area contributed by atoms with Gasteiger partial charge in [-0.15, -0.1) is 0 Å². The van der Waals surface area contributed by atoms with Crippen LogP contribution in [0.5, 0.6) is 0 Å². The van der Waals surface area contributed by atoms with Gasteiger partial charge in [-0.2, -0.15) is 0 Å². The Hall–Kier alpha value is -2.91. The van der Waals surface area contributed by atoms with Crippen LogP contribution in [0, 0.1) is 0 Å². The number of guanidine groups is 1. The average molecular weight is 713 g/mol. The summed E-state index contributed by atoms with van der Waals surface area (Å²) >= 11 is 0. The zero-order valence-corrected chi connectivity index (χ0v) is 33.3. The van der Waals surface area contributed by atoms with Crippen molar-refractivity contribution in [3.8, 4) is 0 Å². The van der Waals surface area contributed by atoms with E-state index in [-0.39, 0.29) is 5.91 Å². The summed E-state index contributed by atoms with van der Waals surface area (Å²) in [6, 6.07) is 24.2. The second kappa shape index (κ2) is 21.0. The van der Waals surface area contributed by atoms with Crippen LogP contribution in [0.15, 0.2) is 71.7 Å². The molecule has 5 rings (SSSR count). The number of anilines is 1. The van der Waals surface area contributed by atoms with E-state index in [0.717, 1.165) is 30.1 Å². The summed E-state index contributed by atoms with van der Waals surface area (Å²) in [5.41, 5.74) is 3.48. The number of carbonyl (C=O) groups is 1. The Morgan fingerprint density at radius 2 is 1.31 bits per heavy atom. The van der Waals surface area contributed by atoms with Crippen LogP contribution in [0.3, 0.4) is 0 Å². The van der Waals surface area contributed by atoms with E-state index in [9.17, 15) is 4.79 Å². The van der Waals surface area contributed by atoms with Gasteiger partial charge in [-0.05, 0) is 31.1 Å². The number of rotatable bonds is 18. The second-order valence-corrected chi connectivity index (χ2v) is 20.9. The van der Waals surface area contributed by atoms with E-state index in [1.165, 1.54) is 131 Å². The third-order valence-electron chi connectivity index (χ3n) is 11.7. The SMILES string of the molecule is CCCC[PH](CCCC)(CCCC)Cc1ccc(NC(=O)[C@H](Cc2ccc3ccccc3c2)NC(=NC2CCCCC2)NC2CCCCC2)cc1. The molecule has 0 bridgehead atoms. The van der Waals surface area contributed by atoms with Gasteiger partial charge in [-0.1, -0.05) is 62.8 Å². The van der Waals surface area contributed by atoms with Crippen LogP contribution >= 0.6 is 7.26 Å². The van der Waals surface area contributed by atoms with Crippen molar-refractivity contribution in [2.24, 2.45) is 4.99 Å². The summed E-state index contributed by atoms with van der Waals surface area (Å²) < 4.78 is 0. The summed E-state index contributed by atoms with van der Waals surface area (Å²) in [5, 5.41) is 13.3. The van der Waals surface area contributed by atoms with Gasteiger partial charge >= 0.3 is 218 Å². The predicted molar refractivity (Wildman–Crippen MR) is 225 cm³/mol. The molecule has 1 atom stereocenters. The van der Waals surface area contributed by atoms with Crippen LogP contribution in [0.2, 0.25) is 0 Å². The third-order valence-corrected chi connectivity index (χ3v) is 17.1. The Bertz CT molecular complexity index is 1470. The molecule has 0 heterocycles. The molecule has 0 unspecified atom stereocenters. The van der Waals surface area contributed by atoms with Crippen molar-refractivity contribution in [3.63, 3.8) is 0 Å². The zero-order chi connectivity index (χ0) is 35.7. The number of hydrogen-bond acceptors (Lipinski definition) is 2. The number of aliphatic imine (C=N–C) groups is 1. The molecule has 0 saturated heterocycles. The van der Waals surface area contributed by atoms with Crippen LogP contribution in [0.25, 0.3) is 10.8 Å². The van der Waals surface area contributed by atoms with Gasteiger partial charge < -0.3 is 0 Å². The van der Waals surface area contributed by atoms with Crippen LogP contribution in [0.1, 0.15) is 135 Å². The third kappa shape index (κ3) is 12.6. The van der Waals surface area contributed by atoms with E-state index in [1.54, 1.807) is 0 Å². The van der Waals surface area contributed by atoms with E-state index >= 15 is 0 Å². The van der Waals surface area contributed by atoms with Crippen LogP contribution in [-0.2, 0) is 17.4 Å². The molecule has 3 aromatic carbocycles. The van der Waals surface area contributed by atoms with Crippen molar-refractivity contribution < 1.29 is 4.79 Å². The summed E-state index contributed by atoms with van der Waals surface area (Å²) in [6.45, 7) is 7.03. The van der Waals surface area contributed by atoms with Crippen LogP contribution in [-0.4, -0.2) is 48.5 Å². The molecule has 3 N–H and O–H groups in total. The molecular weight excluding hydrogens is 643 g/mol. The number of carbonyl (C=O) groups excluding carboxylic acids is 1. The van der Waals surface area contributed by atoms with Gasteiger partial charge in [-0.3, -0.25) is 0 Å². The first-order valence-electron chi connectivity index (χ1n) is 21.0. The zero-order valence-electron chi connectivity index (χ0n) is 32.3. The first-order chi connectivity index (χ1) is 25.0. The molecular formula is C45H69N4OP. The van der Waals surface area contributed by atoms with Gasteiger partial charge in [0.15, 0.2) is 0 Å². The monoisotopic (exact) mass is 713 g/mol. The number of nitrogens with one attached hydrogen (secondary N) is 3. The van der Waals surface area contributed by atoms with Gasteiger partial charge in [0.25, 0.3) is 0 Å². The van der Waals surface area contributed by atoms with Crippen molar-refractivity contribution in [2.45, 2.75) is 154 Å². The molecule has 0 aromatic heterocycles. The van der Waals surface area contributed by atoms with Gasteiger partial charge in [0.05, 0.1) is 0 Å². The number of unbranched alkanes of at least 4 members (excludes halogenated alkanes) is 3. The fourth-order valence-corrected chi connectivity index (χ4v) is 14.3. The fourth-order valence-electron chi connectivity index (χ4n) is 8.59. The number of hydrogen-bond donors (Lipinski definition) is 3. The molecule has 0 spiro atoms. The molecule has 2 saturated carbocycles. The van der Waals surface area contributed by atoms with Gasteiger partial charge in [-0.25, -0.2) is 0 Å². The maximum absolute atomic E-state index is 14.3. The van der Waals surface area contributed by atoms with Crippen molar-refractivity contribution in [1.29, 1.82) is 0 Å². The van der Waals surface area contributed by atoms with E-state index in [0.29, 0.717) is 18.5 Å². The minimum atomic E-state index is -1.40. The van der Waals surface area contributed by atoms with E-state index in [4.69, 9.17) is 4.99 Å². The molecule has 2 aliphatic carbocycles. The Kier molecular flexibility index (Phi) is 16.1. The minimum absolute atomic E-state index is 0.00439. The van der Waals surface area contributed by atoms with Crippen molar-refractivity contribution in [1.82, 2.24) is 10.6 Å². The van der Waals surface area contributed by atoms with Gasteiger partial charge in [0.2, 0.25) is 0 Å². The summed E-state index contributed by atoms with van der Waals surface area (Å²) in [4.78, 5) is 19.6. The fraction of sp³-hybridized carbons (Fsp3) is 0.600. The number of amides is 1. The normalized spacial score (nSPS) is 17.3. The number of benzene rings is 3. The molecule has 3 aromatic rings. The Morgan fingerprint density at radius 1 is 0.725 bits per heavy atom. The van der Waals surface area contributed by atoms with Gasteiger partial charge in [0, 0.05) is 0 Å². The molecule has 0 radical (unpaired) electrons. The first kappa shape index (κ1) is 39.3. The molecule has 0 aliphatic heterocycles. The summed E-state index contributed by atoms with van der Waals surface area (Å²) in [5.74, 6) is 0.813. The first-order valence-corrected chi connectivity index (χ1v) is 23.8. The van der Waals surface area contributed by atoms with Crippen molar-refractivity contribution in [3.05, 3.63) is 77.9 Å². The molecule has 51 heavy (non-hydrogen) atoms. The second-order valence-electron chi connectivity index (χ2n) is 16.0. The molecule has 2 aliphatic rings. The quantitative estimate of drug-likeness (QED) is 0.0699. The molecule has 5 nitrogen and oxygen atoms in total. The molecule has 2 fully saturated rings. The van der Waals surface area contributed by atoms with Crippen LogP contribution in [0.4, 0.5) is 5.69 Å². The number of nitrogens with zero attached hydrogens (tertiary/aromatic N) is 1. The van der Waals surface area contributed by atoms with E-state index in [1.807, 2.05) is 0 Å². The average Bonchev–Trinajstić information content (AvgIpc) is 3.16. The Morgan fingerprint density at radius 3 is 1.94 bits per heavy atom. The van der Waals surface area contributed by atoms with E-state index < -0.39 is 13.3 Å². The molecule has 6 heteroatoms. The van der Waals surface area contributed by atoms with Crippen molar-refractivity contribution in [2.75, 3.05) is 23.8 Å². The molecule has 280 valence electrons. The summed E-state index contributed by atoms with van der Waals surface area (Å²) in [6.07, 6.45) is 26.3. The standard InChI is InChI=1S/C45H69N4OP/c1-4-7-30-51(31-8-5-2,32-9-6-3)35-36-25-28-42(29-26-36)46-44(50)43(34-37-24-27-38-18-16-17-19-39(38)33-37)49-45(47-40-20-12-10-13-21-40)48-41-22-14-11-15-23-41/h16-19,24-29,33,40-41,43,51H,4-15,20-23,30-32,34-35H2,1-3H3,(H,46,50)(H2,47,48,49)/t43-/m0/s1.